The molecule has 0 radical (unpaired) electrons. The summed E-state index contributed by atoms with van der Waals surface area (Å²) in [4.78, 5) is 23.5. The van der Waals surface area contributed by atoms with Crippen molar-refractivity contribution < 1.29 is 22.7 Å². The van der Waals surface area contributed by atoms with Crippen molar-refractivity contribution in [2.75, 3.05) is 26.5 Å². The van der Waals surface area contributed by atoms with E-state index in [1.54, 1.807) is 0 Å². The molecule has 0 aliphatic carbocycles. The van der Waals surface area contributed by atoms with Gasteiger partial charge in [-0.25, -0.2) is 17.5 Å². The van der Waals surface area contributed by atoms with Gasteiger partial charge < -0.3 is 21.1 Å². The lowest BCUT2D eigenvalue weighted by Gasteiger charge is -2.20. The SMILES string of the molecule is COc1ccc(NC(=O)[C@@H](CC(C)C)NC(N)=O)cc1S(=O)(=O)N(C)C. The summed E-state index contributed by atoms with van der Waals surface area (Å²) < 4.78 is 31.0. The van der Waals surface area contributed by atoms with E-state index in [0.29, 0.717) is 6.42 Å². The number of hydrogen-bond acceptors (Lipinski definition) is 5. The van der Waals surface area contributed by atoms with Crippen LogP contribution in [0.5, 0.6) is 5.75 Å². The smallest absolute Gasteiger partial charge is 0.312 e. The molecule has 1 aromatic carbocycles. The monoisotopic (exact) mass is 386 g/mol. The maximum Gasteiger partial charge on any atom is 0.312 e. The number of nitrogens with zero attached hydrogens (tertiary/aromatic N) is 1. The molecule has 0 saturated carbocycles. The number of primary amides is 1. The third kappa shape index (κ3) is 5.60. The Labute approximate surface area is 153 Å². The number of anilines is 1. The van der Waals surface area contributed by atoms with Crippen LogP contribution in [0.1, 0.15) is 20.3 Å². The van der Waals surface area contributed by atoms with E-state index in [1.807, 2.05) is 13.8 Å². The van der Waals surface area contributed by atoms with Gasteiger partial charge in [-0.2, -0.15) is 0 Å². The molecule has 146 valence electrons. The molecule has 0 bridgehead atoms. The lowest BCUT2D eigenvalue weighted by molar-refractivity contribution is -0.118. The fourth-order valence-corrected chi connectivity index (χ4v) is 3.33. The number of nitrogens with two attached hydrogens (primary N) is 1. The van der Waals surface area contributed by atoms with Crippen LogP contribution in [0.2, 0.25) is 0 Å². The molecule has 0 aliphatic rings. The highest BCUT2D eigenvalue weighted by molar-refractivity contribution is 7.89. The average molecular weight is 386 g/mol. The largest absolute Gasteiger partial charge is 0.495 e. The number of rotatable bonds is 8. The molecule has 0 aromatic heterocycles. The van der Waals surface area contributed by atoms with Gasteiger partial charge in [0.1, 0.15) is 16.7 Å². The first-order valence-corrected chi connectivity index (χ1v) is 9.40. The summed E-state index contributed by atoms with van der Waals surface area (Å²) in [6.45, 7) is 3.80. The Bertz CT molecular complexity index is 762. The van der Waals surface area contributed by atoms with Gasteiger partial charge >= 0.3 is 6.03 Å². The van der Waals surface area contributed by atoms with Gasteiger partial charge in [0.25, 0.3) is 0 Å². The number of amides is 3. The number of ether oxygens (including phenoxy) is 1. The maximum absolute atomic E-state index is 12.5. The number of nitrogens with one attached hydrogen (secondary N) is 2. The number of benzene rings is 1. The zero-order valence-electron chi connectivity index (χ0n) is 15.6. The van der Waals surface area contributed by atoms with Crippen molar-refractivity contribution in [1.82, 2.24) is 9.62 Å². The van der Waals surface area contributed by atoms with Crippen LogP contribution in [0.3, 0.4) is 0 Å². The van der Waals surface area contributed by atoms with Crippen LogP contribution in [-0.4, -0.2) is 51.9 Å². The van der Waals surface area contributed by atoms with Crippen LogP contribution >= 0.6 is 0 Å². The minimum absolute atomic E-state index is 0.0777. The van der Waals surface area contributed by atoms with Crippen LogP contribution < -0.4 is 21.1 Å². The average Bonchev–Trinajstić information content (AvgIpc) is 2.53. The third-order valence-corrected chi connectivity index (χ3v) is 5.37. The standard InChI is InChI=1S/C16H26N4O5S/c1-10(2)8-12(19-16(17)22)15(21)18-11-6-7-13(25-5)14(9-11)26(23,24)20(3)4/h6-7,9-10,12H,8H2,1-5H3,(H,18,21)(H3,17,19,22)/t12-/m1/s1. The first-order valence-electron chi connectivity index (χ1n) is 7.96. The van der Waals surface area contributed by atoms with E-state index in [4.69, 9.17) is 10.5 Å². The molecule has 1 aromatic rings. The van der Waals surface area contributed by atoms with Gasteiger partial charge in [0, 0.05) is 19.8 Å². The normalized spacial score (nSPS) is 12.7. The number of hydrogen-bond donors (Lipinski definition) is 3. The van der Waals surface area contributed by atoms with Gasteiger partial charge in [0.2, 0.25) is 15.9 Å². The lowest BCUT2D eigenvalue weighted by Crippen LogP contribution is -2.46. The van der Waals surface area contributed by atoms with E-state index in [0.717, 1.165) is 4.31 Å². The predicted molar refractivity (Wildman–Crippen MR) is 98.5 cm³/mol. The maximum atomic E-state index is 12.5. The van der Waals surface area contributed by atoms with Crippen LogP contribution in [0.25, 0.3) is 0 Å². The quantitative estimate of drug-likeness (QED) is 0.613. The molecule has 9 nitrogen and oxygen atoms in total. The fraction of sp³-hybridized carbons (Fsp3) is 0.500. The number of urea groups is 1. The summed E-state index contributed by atoms with van der Waals surface area (Å²) in [5.41, 5.74) is 5.38. The first-order chi connectivity index (χ1) is 12.0. The summed E-state index contributed by atoms with van der Waals surface area (Å²) in [7, 11) is 0.387. The zero-order valence-corrected chi connectivity index (χ0v) is 16.4. The molecule has 10 heteroatoms. The van der Waals surface area contributed by atoms with Crippen LogP contribution in [0.15, 0.2) is 23.1 Å². The van der Waals surface area contributed by atoms with Crippen molar-refractivity contribution in [2.24, 2.45) is 11.7 Å². The molecule has 1 rings (SSSR count). The Morgan fingerprint density at radius 3 is 2.35 bits per heavy atom. The number of carbonyl (C=O) groups is 2. The molecule has 0 aliphatic heterocycles. The van der Waals surface area contributed by atoms with Gasteiger partial charge in [0.15, 0.2) is 0 Å². The highest BCUT2D eigenvalue weighted by atomic mass is 32.2. The van der Waals surface area contributed by atoms with Crippen LogP contribution in [0, 0.1) is 5.92 Å². The molecule has 3 amide bonds. The van der Waals surface area contributed by atoms with Crippen molar-refractivity contribution in [3.63, 3.8) is 0 Å². The number of carbonyl (C=O) groups excluding carboxylic acids is 2. The molecular formula is C16H26N4O5S. The summed E-state index contributed by atoms with van der Waals surface area (Å²) in [5, 5.41) is 5.00. The number of sulfonamides is 1. The van der Waals surface area contributed by atoms with E-state index in [1.165, 1.54) is 39.4 Å². The van der Waals surface area contributed by atoms with E-state index in [2.05, 4.69) is 10.6 Å². The molecule has 0 saturated heterocycles. The fourth-order valence-electron chi connectivity index (χ4n) is 2.26. The van der Waals surface area contributed by atoms with Gasteiger partial charge in [-0.15, -0.1) is 0 Å². The first kappa shape index (κ1) is 21.7. The molecule has 26 heavy (non-hydrogen) atoms. The molecular weight excluding hydrogens is 360 g/mol. The van der Waals surface area contributed by atoms with Crippen molar-refractivity contribution in [3.8, 4) is 5.75 Å². The topological polar surface area (TPSA) is 131 Å². The third-order valence-electron chi connectivity index (χ3n) is 3.53. The Balaban J connectivity index is 3.16. The number of methoxy groups -OCH3 is 1. The molecule has 0 fully saturated rings. The minimum atomic E-state index is -3.77. The highest BCUT2D eigenvalue weighted by Crippen LogP contribution is 2.29. The zero-order chi connectivity index (χ0) is 20.1. The van der Waals surface area contributed by atoms with Crippen molar-refractivity contribution >= 4 is 27.6 Å². The van der Waals surface area contributed by atoms with Crippen molar-refractivity contribution in [1.29, 1.82) is 0 Å². The van der Waals surface area contributed by atoms with E-state index in [9.17, 15) is 18.0 Å². The predicted octanol–water partition coefficient (Wildman–Crippen LogP) is 0.967. The molecule has 4 N–H and O–H groups in total. The lowest BCUT2D eigenvalue weighted by atomic mass is 10.0. The van der Waals surface area contributed by atoms with Crippen molar-refractivity contribution in [2.45, 2.75) is 31.2 Å². The van der Waals surface area contributed by atoms with E-state index in [-0.39, 0.29) is 22.3 Å². The minimum Gasteiger partial charge on any atom is -0.495 e. The van der Waals surface area contributed by atoms with Crippen LogP contribution in [-0.2, 0) is 14.8 Å². The van der Waals surface area contributed by atoms with Gasteiger partial charge in [-0.1, -0.05) is 13.8 Å². The molecule has 0 unspecified atom stereocenters. The van der Waals surface area contributed by atoms with Gasteiger partial charge in [-0.3, -0.25) is 4.79 Å². The molecule has 0 heterocycles. The Hall–Kier alpha value is -2.33. The van der Waals surface area contributed by atoms with Gasteiger partial charge in [0.05, 0.1) is 7.11 Å². The highest BCUT2D eigenvalue weighted by Gasteiger charge is 2.25. The van der Waals surface area contributed by atoms with E-state index >= 15 is 0 Å². The van der Waals surface area contributed by atoms with Gasteiger partial charge in [-0.05, 0) is 30.5 Å². The molecule has 1 atom stereocenters. The summed E-state index contributed by atoms with van der Waals surface area (Å²) in [5.74, 6) is -0.195. The summed E-state index contributed by atoms with van der Waals surface area (Å²) >= 11 is 0. The Kier molecular flexibility index (Phi) is 7.40. The second kappa shape index (κ2) is 8.86. The van der Waals surface area contributed by atoms with Crippen molar-refractivity contribution in [3.05, 3.63) is 18.2 Å². The van der Waals surface area contributed by atoms with E-state index < -0.39 is 28.0 Å². The summed E-state index contributed by atoms with van der Waals surface area (Å²) in [6, 6.07) is 2.63. The Morgan fingerprint density at radius 1 is 1.27 bits per heavy atom. The Morgan fingerprint density at radius 2 is 1.88 bits per heavy atom. The second-order valence-electron chi connectivity index (χ2n) is 6.33. The second-order valence-corrected chi connectivity index (χ2v) is 8.45. The summed E-state index contributed by atoms with van der Waals surface area (Å²) in [6.07, 6.45) is 0.383. The van der Waals surface area contributed by atoms with Crippen LogP contribution in [0.4, 0.5) is 10.5 Å². The molecule has 0 spiro atoms.